The van der Waals surface area contributed by atoms with Crippen LogP contribution < -0.4 is 5.32 Å². The molecule has 33 heavy (non-hydrogen) atoms. The number of fused-ring (bicyclic) bond motifs is 1. The Morgan fingerprint density at radius 3 is 2.88 bits per heavy atom. The lowest BCUT2D eigenvalue weighted by molar-refractivity contribution is -0.133. The zero-order chi connectivity index (χ0) is 23.4. The molecule has 1 aliphatic heterocycles. The standard InChI is InChI=1S/C25H26FN3O4/c1-32-9-3-8-28-24(31)15-33-23-12-20-17(11-22(23)30)14-29(19-6-7-19)21(13-27)25(20)16-4-2-5-18(26)10-16/h2,4-5,10,12,14,19,23H,3,6-9,11,15H2,1H3,(H,28,31). The summed E-state index contributed by atoms with van der Waals surface area (Å²) in [5.74, 6) is -0.885. The third kappa shape index (κ3) is 5.21. The number of nitrogens with zero attached hydrogens (tertiary/aromatic N) is 2. The topological polar surface area (TPSA) is 91.7 Å². The number of hydrogen-bond donors (Lipinski definition) is 1. The molecule has 1 heterocycles. The number of carbonyl (C=O) groups excluding carboxylic acids is 2. The number of carbonyl (C=O) groups is 2. The molecule has 1 unspecified atom stereocenters. The Morgan fingerprint density at radius 2 is 2.18 bits per heavy atom. The number of nitriles is 1. The summed E-state index contributed by atoms with van der Waals surface area (Å²) >= 11 is 0. The number of hydrogen-bond acceptors (Lipinski definition) is 6. The first-order valence-electron chi connectivity index (χ1n) is 11.0. The molecule has 0 saturated heterocycles. The molecule has 0 aromatic heterocycles. The Bertz CT molecular complexity index is 1080. The molecule has 4 rings (SSSR count). The number of benzene rings is 1. The number of rotatable bonds is 9. The van der Waals surface area contributed by atoms with Crippen LogP contribution in [0.3, 0.4) is 0 Å². The van der Waals surface area contributed by atoms with E-state index in [-0.39, 0.29) is 30.8 Å². The smallest absolute Gasteiger partial charge is 0.246 e. The van der Waals surface area contributed by atoms with Crippen LogP contribution in [0.2, 0.25) is 0 Å². The number of amides is 1. The van der Waals surface area contributed by atoms with Crippen molar-refractivity contribution in [2.75, 3.05) is 26.9 Å². The lowest BCUT2D eigenvalue weighted by atomic mass is 9.81. The second kappa shape index (κ2) is 10.1. The highest BCUT2D eigenvalue weighted by atomic mass is 19.1. The van der Waals surface area contributed by atoms with Crippen molar-refractivity contribution in [2.24, 2.45) is 0 Å². The summed E-state index contributed by atoms with van der Waals surface area (Å²) in [6, 6.07) is 8.59. The zero-order valence-corrected chi connectivity index (χ0v) is 18.5. The van der Waals surface area contributed by atoms with Crippen molar-refractivity contribution >= 4 is 17.3 Å². The highest BCUT2D eigenvalue weighted by Gasteiger charge is 2.38. The van der Waals surface area contributed by atoms with Crippen LogP contribution in [0.4, 0.5) is 4.39 Å². The quantitative estimate of drug-likeness (QED) is 0.581. The van der Waals surface area contributed by atoms with Gasteiger partial charge in [0.25, 0.3) is 0 Å². The summed E-state index contributed by atoms with van der Waals surface area (Å²) in [7, 11) is 1.59. The molecule has 1 fully saturated rings. The van der Waals surface area contributed by atoms with Gasteiger partial charge in [-0.2, -0.15) is 5.26 Å². The molecule has 1 saturated carbocycles. The average molecular weight is 451 g/mol. The molecule has 3 aliphatic rings. The molecule has 0 radical (unpaired) electrons. The number of halogens is 1. The largest absolute Gasteiger partial charge is 0.385 e. The first kappa shape index (κ1) is 22.9. The van der Waals surface area contributed by atoms with Gasteiger partial charge in [0.2, 0.25) is 5.91 Å². The van der Waals surface area contributed by atoms with E-state index >= 15 is 0 Å². The summed E-state index contributed by atoms with van der Waals surface area (Å²) in [5.41, 5.74) is 3.04. The van der Waals surface area contributed by atoms with Gasteiger partial charge < -0.3 is 19.7 Å². The van der Waals surface area contributed by atoms with Crippen LogP contribution in [0.15, 0.2) is 53.4 Å². The molecular weight excluding hydrogens is 425 g/mol. The van der Waals surface area contributed by atoms with E-state index < -0.39 is 11.9 Å². The van der Waals surface area contributed by atoms with E-state index in [2.05, 4.69) is 11.4 Å². The van der Waals surface area contributed by atoms with Gasteiger partial charge in [-0.3, -0.25) is 9.59 Å². The van der Waals surface area contributed by atoms with E-state index in [0.29, 0.717) is 42.0 Å². The molecule has 0 bridgehead atoms. The summed E-state index contributed by atoms with van der Waals surface area (Å²) < 4.78 is 24.6. The second-order valence-electron chi connectivity index (χ2n) is 8.29. The maximum Gasteiger partial charge on any atom is 0.246 e. The number of methoxy groups -OCH3 is 1. The zero-order valence-electron chi connectivity index (χ0n) is 18.5. The Balaban J connectivity index is 1.60. The van der Waals surface area contributed by atoms with Crippen LogP contribution in [0, 0.1) is 17.1 Å². The van der Waals surface area contributed by atoms with Gasteiger partial charge in [-0.25, -0.2) is 4.39 Å². The Morgan fingerprint density at radius 1 is 1.36 bits per heavy atom. The highest BCUT2D eigenvalue weighted by molar-refractivity contribution is 5.98. The van der Waals surface area contributed by atoms with E-state index in [9.17, 15) is 19.2 Å². The van der Waals surface area contributed by atoms with Crippen molar-refractivity contribution < 1.29 is 23.5 Å². The lowest BCUT2D eigenvalue weighted by Crippen LogP contribution is -2.35. The maximum atomic E-state index is 14.1. The molecule has 0 spiro atoms. The molecule has 172 valence electrons. The minimum Gasteiger partial charge on any atom is -0.385 e. The molecule has 1 N–H and O–H groups in total. The van der Waals surface area contributed by atoms with Crippen molar-refractivity contribution in [1.29, 1.82) is 5.26 Å². The van der Waals surface area contributed by atoms with Crippen LogP contribution in [-0.4, -0.2) is 55.6 Å². The molecule has 8 heteroatoms. The first-order chi connectivity index (χ1) is 16.0. The predicted molar refractivity (Wildman–Crippen MR) is 119 cm³/mol. The fourth-order valence-electron chi connectivity index (χ4n) is 4.08. The number of ketones is 1. The minimum absolute atomic E-state index is 0.118. The van der Waals surface area contributed by atoms with E-state index in [1.54, 1.807) is 25.3 Å². The van der Waals surface area contributed by atoms with Gasteiger partial charge in [0.05, 0.1) is 0 Å². The number of Topliss-reactive ketones (excluding diaryl/α,β-unsaturated/α-hetero) is 1. The van der Waals surface area contributed by atoms with Crippen molar-refractivity contribution in [3.63, 3.8) is 0 Å². The Labute approximate surface area is 192 Å². The van der Waals surface area contributed by atoms with Crippen LogP contribution in [0.1, 0.15) is 31.2 Å². The maximum absolute atomic E-state index is 14.1. The fraction of sp³-hybridized carbons (Fsp3) is 0.400. The Kier molecular flexibility index (Phi) is 7.02. The van der Waals surface area contributed by atoms with Crippen molar-refractivity contribution in [3.05, 3.63) is 64.8 Å². The van der Waals surface area contributed by atoms with Crippen LogP contribution >= 0.6 is 0 Å². The SMILES string of the molecule is COCCCNC(=O)COC1C=C2C(=CN(C3CC3)C(C#N)=C2c2cccc(F)c2)CC1=O. The summed E-state index contributed by atoms with van der Waals surface area (Å²) in [6.07, 6.45) is 5.32. The normalized spacial score (nSPS) is 20.1. The molecule has 1 atom stereocenters. The van der Waals surface area contributed by atoms with Gasteiger partial charge >= 0.3 is 0 Å². The minimum atomic E-state index is -0.919. The van der Waals surface area contributed by atoms with Crippen LogP contribution in [-0.2, 0) is 19.1 Å². The van der Waals surface area contributed by atoms with E-state index in [0.717, 1.165) is 18.4 Å². The number of nitrogens with one attached hydrogen (secondary N) is 1. The molecule has 2 aliphatic carbocycles. The summed E-state index contributed by atoms with van der Waals surface area (Å²) in [4.78, 5) is 26.8. The third-order valence-electron chi connectivity index (χ3n) is 5.81. The molecular formula is C25H26FN3O4. The third-order valence-corrected chi connectivity index (χ3v) is 5.81. The van der Waals surface area contributed by atoms with Gasteiger partial charge in [-0.15, -0.1) is 0 Å². The summed E-state index contributed by atoms with van der Waals surface area (Å²) in [5, 5.41) is 12.7. The highest BCUT2D eigenvalue weighted by Crippen LogP contribution is 2.44. The monoisotopic (exact) mass is 451 g/mol. The molecule has 7 nitrogen and oxygen atoms in total. The van der Waals surface area contributed by atoms with Crippen LogP contribution in [0.25, 0.3) is 5.57 Å². The van der Waals surface area contributed by atoms with Crippen molar-refractivity contribution in [1.82, 2.24) is 10.2 Å². The predicted octanol–water partition coefficient (Wildman–Crippen LogP) is 2.86. The van der Waals surface area contributed by atoms with Gasteiger partial charge in [0, 0.05) is 44.5 Å². The number of allylic oxidation sites excluding steroid dienone is 4. The van der Waals surface area contributed by atoms with Gasteiger partial charge in [-0.05, 0) is 54.2 Å². The van der Waals surface area contributed by atoms with Crippen LogP contribution in [0.5, 0.6) is 0 Å². The van der Waals surface area contributed by atoms with Crippen molar-refractivity contribution in [3.8, 4) is 6.07 Å². The Hall–Kier alpha value is -3.28. The van der Waals surface area contributed by atoms with Gasteiger partial charge in [0.15, 0.2) is 5.78 Å². The fourth-order valence-corrected chi connectivity index (χ4v) is 4.08. The molecule has 1 aromatic carbocycles. The first-order valence-corrected chi connectivity index (χ1v) is 11.0. The lowest BCUT2D eigenvalue weighted by Gasteiger charge is -2.33. The average Bonchev–Trinajstić information content (AvgIpc) is 3.64. The van der Waals surface area contributed by atoms with Gasteiger partial charge in [0.1, 0.15) is 30.3 Å². The van der Waals surface area contributed by atoms with E-state index in [1.807, 2.05) is 11.1 Å². The van der Waals surface area contributed by atoms with E-state index in [1.165, 1.54) is 12.1 Å². The summed E-state index contributed by atoms with van der Waals surface area (Å²) in [6.45, 7) is 0.736. The second-order valence-corrected chi connectivity index (χ2v) is 8.29. The van der Waals surface area contributed by atoms with Crippen molar-refractivity contribution in [2.45, 2.75) is 37.8 Å². The van der Waals surface area contributed by atoms with E-state index in [4.69, 9.17) is 9.47 Å². The number of ether oxygens (including phenoxy) is 2. The molecule has 1 aromatic rings. The van der Waals surface area contributed by atoms with Gasteiger partial charge in [-0.1, -0.05) is 12.1 Å². The molecule has 1 amide bonds.